The van der Waals surface area contributed by atoms with E-state index in [4.69, 9.17) is 28.2 Å². The molecule has 61 heavy (non-hydrogen) atoms. The van der Waals surface area contributed by atoms with Crippen LogP contribution in [0.25, 0.3) is 33.6 Å². The van der Waals surface area contributed by atoms with E-state index >= 15 is 0 Å². The Kier molecular flexibility index (Phi) is 13.6. The van der Waals surface area contributed by atoms with Gasteiger partial charge >= 0.3 is 0 Å². The molecule has 2 fully saturated rings. The van der Waals surface area contributed by atoms with E-state index in [-0.39, 0.29) is 30.1 Å². The highest BCUT2D eigenvalue weighted by Crippen LogP contribution is 2.34. The van der Waals surface area contributed by atoms with Crippen LogP contribution in [0.3, 0.4) is 0 Å². The number of fused-ring (bicyclic) bond motifs is 2. The summed E-state index contributed by atoms with van der Waals surface area (Å²) in [5.74, 6) is -0.212. The molecule has 5 aromatic rings. The summed E-state index contributed by atoms with van der Waals surface area (Å²) in [5.41, 5.74) is 3.35. The lowest BCUT2D eigenvalue weighted by atomic mass is 10.0. The van der Waals surface area contributed by atoms with Gasteiger partial charge in [-0.3, -0.25) is 29.4 Å². The number of piperidine rings is 2. The summed E-state index contributed by atoms with van der Waals surface area (Å²) in [5, 5.41) is 24.7. The van der Waals surface area contributed by atoms with E-state index in [1.165, 1.54) is 0 Å². The van der Waals surface area contributed by atoms with Gasteiger partial charge in [0.2, 0.25) is 17.6 Å². The molecule has 0 saturated carbocycles. The molecule has 8 rings (SSSR count). The molecular formula is C42H47N9O10. The van der Waals surface area contributed by atoms with Crippen LogP contribution in [-0.2, 0) is 28.5 Å². The number of hydrogen-bond acceptors (Lipinski definition) is 16. The Balaban J connectivity index is 0.637. The second-order valence-corrected chi connectivity index (χ2v) is 14.7. The van der Waals surface area contributed by atoms with Crippen molar-refractivity contribution in [1.29, 1.82) is 0 Å². The molecule has 0 aliphatic carbocycles. The molecule has 1 unspecified atom stereocenters. The van der Waals surface area contributed by atoms with Crippen molar-refractivity contribution in [1.82, 2.24) is 40.9 Å². The Morgan fingerprint density at radius 1 is 0.787 bits per heavy atom. The van der Waals surface area contributed by atoms with Gasteiger partial charge < -0.3 is 38.4 Å². The topological polar surface area (TPSA) is 225 Å². The quantitative estimate of drug-likeness (QED) is 0.0713. The predicted molar refractivity (Wildman–Crippen MR) is 218 cm³/mol. The van der Waals surface area contributed by atoms with Crippen LogP contribution in [-0.4, -0.2) is 150 Å². The smallest absolute Gasteiger partial charge is 0.264 e. The number of carbonyl (C=O) groups is 4. The number of nitrogens with one attached hydrogen (secondary N) is 3. The van der Waals surface area contributed by atoms with E-state index in [1.54, 1.807) is 18.2 Å². The highest BCUT2D eigenvalue weighted by molar-refractivity contribution is 6.25. The van der Waals surface area contributed by atoms with Crippen LogP contribution in [0.15, 0.2) is 65.2 Å². The summed E-state index contributed by atoms with van der Waals surface area (Å²) in [6, 6.07) is 17.5. The zero-order chi connectivity index (χ0) is 42.0. The molecule has 2 aromatic heterocycles. The normalized spacial score (nSPS) is 17.3. The summed E-state index contributed by atoms with van der Waals surface area (Å²) < 4.78 is 34.8. The first-order chi connectivity index (χ1) is 29.9. The minimum absolute atomic E-state index is 0.0657. The van der Waals surface area contributed by atoms with Crippen molar-refractivity contribution in [2.75, 3.05) is 84.4 Å². The van der Waals surface area contributed by atoms with Crippen molar-refractivity contribution in [3.63, 3.8) is 0 Å². The number of likely N-dealkylation sites (tertiary alicyclic amines) is 1. The number of imide groups is 2. The van der Waals surface area contributed by atoms with Gasteiger partial charge in [-0.25, -0.2) is 0 Å². The van der Waals surface area contributed by atoms with Crippen LogP contribution < -0.4 is 15.4 Å². The third-order valence-electron chi connectivity index (χ3n) is 10.7. The lowest BCUT2D eigenvalue weighted by Crippen LogP contribution is -2.54. The Morgan fingerprint density at radius 3 is 2.30 bits per heavy atom. The van der Waals surface area contributed by atoms with E-state index in [9.17, 15) is 19.2 Å². The molecule has 19 nitrogen and oxygen atoms in total. The predicted octanol–water partition coefficient (Wildman–Crippen LogP) is 3.10. The first-order valence-corrected chi connectivity index (χ1v) is 20.4. The van der Waals surface area contributed by atoms with Crippen LogP contribution >= 0.6 is 0 Å². The van der Waals surface area contributed by atoms with Gasteiger partial charge in [-0.15, -0.1) is 10.2 Å². The van der Waals surface area contributed by atoms with E-state index in [0.29, 0.717) is 76.7 Å². The van der Waals surface area contributed by atoms with Crippen LogP contribution in [0.2, 0.25) is 0 Å². The number of nitrogens with zero attached hydrogens (tertiary/aromatic N) is 6. The van der Waals surface area contributed by atoms with Gasteiger partial charge in [0.05, 0.1) is 69.4 Å². The summed E-state index contributed by atoms with van der Waals surface area (Å²) >= 11 is 0. The van der Waals surface area contributed by atoms with Crippen molar-refractivity contribution in [2.24, 2.45) is 0 Å². The summed E-state index contributed by atoms with van der Waals surface area (Å²) in [7, 11) is 0. The van der Waals surface area contributed by atoms with Gasteiger partial charge in [0.1, 0.15) is 23.4 Å². The minimum atomic E-state index is -1.01. The summed E-state index contributed by atoms with van der Waals surface area (Å²) in [6.45, 7) is 6.69. The Labute approximate surface area is 350 Å². The largest absolute Gasteiger partial charge is 0.490 e. The summed E-state index contributed by atoms with van der Waals surface area (Å²) in [4.78, 5) is 53.5. The molecule has 5 heterocycles. The molecule has 4 amide bonds. The van der Waals surface area contributed by atoms with Gasteiger partial charge in [0.25, 0.3) is 11.8 Å². The standard InChI is InChI=1S/C42H47N9O10/c52-36-10-9-35(40(53)44-36)51-41(54)31-5-2-6-34(37(31)42(51)55)43-13-17-56-19-21-58-23-24-59-22-20-57-18-16-50-14-11-29(12-15-50)60-30-4-1-3-27(25-30)38-32-26-28(39-45-48-49-46-39)7-8-33(32)47-61-38/h1-8,25-26,29,35,43H,9-24H2,(H,44,52,53)(H,45,46,48,49). The number of hydrogen-bond donors (Lipinski definition) is 3. The van der Waals surface area contributed by atoms with Crippen molar-refractivity contribution in [3.05, 3.63) is 71.8 Å². The Hall–Kier alpha value is -6.12. The minimum Gasteiger partial charge on any atom is -0.490 e. The molecule has 3 N–H and O–H groups in total. The van der Waals surface area contributed by atoms with E-state index in [0.717, 1.165) is 65.2 Å². The van der Waals surface area contributed by atoms with Crippen molar-refractivity contribution in [3.8, 4) is 28.5 Å². The number of carbonyl (C=O) groups excluding carboxylic acids is 4. The molecular weight excluding hydrogens is 791 g/mol. The van der Waals surface area contributed by atoms with Crippen molar-refractivity contribution < 1.29 is 47.4 Å². The molecule has 320 valence electrons. The molecule has 3 aromatic carbocycles. The number of rotatable bonds is 21. The van der Waals surface area contributed by atoms with E-state index in [1.807, 2.05) is 42.5 Å². The number of amides is 4. The highest BCUT2D eigenvalue weighted by atomic mass is 16.6. The number of tetrazole rings is 1. The van der Waals surface area contributed by atoms with Gasteiger partial charge in [0, 0.05) is 49.4 Å². The van der Waals surface area contributed by atoms with E-state index < -0.39 is 29.7 Å². The first-order valence-electron chi connectivity index (χ1n) is 20.4. The average Bonchev–Trinajstić information content (AvgIpc) is 4.02. The molecule has 19 heteroatoms. The molecule has 0 spiro atoms. The first kappa shape index (κ1) is 41.6. The van der Waals surface area contributed by atoms with Crippen LogP contribution in [0.1, 0.15) is 46.4 Å². The molecule has 3 aliphatic heterocycles. The van der Waals surface area contributed by atoms with E-state index in [2.05, 4.69) is 41.3 Å². The monoisotopic (exact) mass is 837 g/mol. The number of ether oxygens (including phenoxy) is 5. The number of H-pyrrole nitrogens is 1. The molecule has 0 radical (unpaired) electrons. The van der Waals surface area contributed by atoms with Gasteiger partial charge in [-0.2, -0.15) is 5.21 Å². The van der Waals surface area contributed by atoms with Crippen LogP contribution in [0.5, 0.6) is 5.75 Å². The van der Waals surface area contributed by atoms with Crippen LogP contribution in [0.4, 0.5) is 5.69 Å². The number of aromatic nitrogens is 5. The van der Waals surface area contributed by atoms with Gasteiger partial charge in [0.15, 0.2) is 5.76 Å². The Bertz CT molecular complexity index is 2310. The van der Waals surface area contributed by atoms with Crippen LogP contribution in [0, 0.1) is 0 Å². The number of anilines is 1. The maximum atomic E-state index is 13.2. The maximum Gasteiger partial charge on any atom is 0.264 e. The molecule has 0 bridgehead atoms. The third-order valence-corrected chi connectivity index (χ3v) is 10.7. The van der Waals surface area contributed by atoms with Gasteiger partial charge in [-0.05, 0) is 66.9 Å². The number of aromatic amines is 1. The fourth-order valence-corrected chi connectivity index (χ4v) is 7.60. The average molecular weight is 838 g/mol. The molecule has 1 atom stereocenters. The summed E-state index contributed by atoms with van der Waals surface area (Å²) in [6.07, 6.45) is 2.13. The SMILES string of the molecule is O=C1CCC(N2C(=O)c3cccc(NCCOCCOCCOCCOCCN4CCC(Oc5cccc(-c6onc7ccc(-c8nn[nH]n8)cc67)c5)CC4)c3C2=O)C(=O)N1. The molecule has 2 saturated heterocycles. The lowest BCUT2D eigenvalue weighted by Gasteiger charge is -2.32. The second kappa shape index (κ2) is 20.0. The van der Waals surface area contributed by atoms with Gasteiger partial charge in [-0.1, -0.05) is 23.4 Å². The number of benzene rings is 3. The zero-order valence-electron chi connectivity index (χ0n) is 33.5. The second-order valence-electron chi connectivity index (χ2n) is 14.7. The fraction of sp³-hybridized carbons (Fsp3) is 0.429. The highest BCUT2D eigenvalue weighted by Gasteiger charge is 2.45. The van der Waals surface area contributed by atoms with Crippen molar-refractivity contribution >= 4 is 40.2 Å². The third kappa shape index (κ3) is 10.1. The maximum absolute atomic E-state index is 13.2. The Morgan fingerprint density at radius 2 is 1.54 bits per heavy atom. The zero-order valence-corrected chi connectivity index (χ0v) is 33.5. The molecule has 3 aliphatic rings. The lowest BCUT2D eigenvalue weighted by molar-refractivity contribution is -0.136. The van der Waals surface area contributed by atoms with Crippen molar-refractivity contribution in [2.45, 2.75) is 37.8 Å². The fourth-order valence-electron chi connectivity index (χ4n) is 7.60.